The second kappa shape index (κ2) is 11.0. The number of nitrogens with two attached hydrogens (primary N) is 3. The first kappa shape index (κ1) is 22.1. The average molecular weight is 451 g/mol. The average Bonchev–Trinajstić information content (AvgIpc) is 3.49. The molecular formula is C19H19ClN12. The lowest BCUT2D eigenvalue weighted by atomic mass is 10.4. The summed E-state index contributed by atoms with van der Waals surface area (Å²) in [5.74, 6) is 1.30. The lowest BCUT2D eigenvalue weighted by Crippen LogP contribution is -2.01. The van der Waals surface area contributed by atoms with E-state index in [4.69, 9.17) is 28.8 Å². The van der Waals surface area contributed by atoms with E-state index in [0.29, 0.717) is 33.9 Å². The molecule has 0 aliphatic rings. The fraction of sp³-hybridized carbons (Fsp3) is 0. The molecule has 0 saturated heterocycles. The molecule has 0 saturated carbocycles. The highest BCUT2D eigenvalue weighted by atomic mass is 35.5. The fourth-order valence-corrected chi connectivity index (χ4v) is 2.37. The van der Waals surface area contributed by atoms with Crippen LogP contribution >= 0.6 is 11.6 Å². The SMILES string of the molecule is Nc1ccnc(-n2ccnn2)c1.Nc1ccnc(-n2nccn2)c1.Nc1ccnc(Cl)c1. The van der Waals surface area contributed by atoms with Gasteiger partial charge in [-0.15, -0.1) is 9.90 Å². The Balaban J connectivity index is 0.000000139. The van der Waals surface area contributed by atoms with Crippen molar-refractivity contribution in [3.8, 4) is 11.6 Å². The highest BCUT2D eigenvalue weighted by molar-refractivity contribution is 6.29. The van der Waals surface area contributed by atoms with Gasteiger partial charge in [-0.2, -0.15) is 10.2 Å². The van der Waals surface area contributed by atoms with Gasteiger partial charge < -0.3 is 17.2 Å². The topological polar surface area (TPSA) is 178 Å². The number of anilines is 3. The molecule has 5 heterocycles. The monoisotopic (exact) mass is 450 g/mol. The molecule has 0 radical (unpaired) electrons. The van der Waals surface area contributed by atoms with Gasteiger partial charge in [0.2, 0.25) is 0 Å². The molecule has 0 spiro atoms. The minimum atomic E-state index is 0.435. The van der Waals surface area contributed by atoms with Gasteiger partial charge in [-0.3, -0.25) is 0 Å². The van der Waals surface area contributed by atoms with Crippen molar-refractivity contribution in [2.24, 2.45) is 0 Å². The number of pyridine rings is 3. The van der Waals surface area contributed by atoms with Gasteiger partial charge in [-0.1, -0.05) is 16.8 Å². The number of halogens is 1. The van der Waals surface area contributed by atoms with Gasteiger partial charge in [-0.25, -0.2) is 19.6 Å². The maximum absolute atomic E-state index is 5.56. The van der Waals surface area contributed by atoms with E-state index in [1.54, 1.807) is 84.5 Å². The molecule has 0 aliphatic heterocycles. The van der Waals surface area contributed by atoms with Crippen LogP contribution in [0.5, 0.6) is 0 Å². The molecule has 0 amide bonds. The van der Waals surface area contributed by atoms with E-state index in [0.717, 1.165) is 0 Å². The zero-order valence-electron chi connectivity index (χ0n) is 16.6. The number of rotatable bonds is 2. The van der Waals surface area contributed by atoms with Crippen molar-refractivity contribution >= 4 is 28.7 Å². The summed E-state index contributed by atoms with van der Waals surface area (Å²) >= 11 is 5.45. The number of hydrogen-bond acceptors (Lipinski definition) is 10. The van der Waals surface area contributed by atoms with Crippen LogP contribution in [0.3, 0.4) is 0 Å². The summed E-state index contributed by atoms with van der Waals surface area (Å²) < 4.78 is 1.55. The Labute approximate surface area is 187 Å². The Bertz CT molecular complexity index is 1130. The molecule has 6 N–H and O–H groups in total. The minimum absolute atomic E-state index is 0.435. The maximum Gasteiger partial charge on any atom is 0.176 e. The first-order valence-electron chi connectivity index (χ1n) is 9.05. The predicted octanol–water partition coefficient (Wildman–Crippen LogP) is 1.81. The van der Waals surface area contributed by atoms with Crippen molar-refractivity contribution in [3.63, 3.8) is 0 Å². The number of nitrogen functional groups attached to an aromatic ring is 3. The van der Waals surface area contributed by atoms with Crippen LogP contribution in [0, 0.1) is 0 Å². The molecule has 5 aromatic heterocycles. The van der Waals surface area contributed by atoms with Crippen LogP contribution in [0.4, 0.5) is 17.1 Å². The van der Waals surface area contributed by atoms with Gasteiger partial charge in [0.25, 0.3) is 0 Å². The molecule has 0 atom stereocenters. The van der Waals surface area contributed by atoms with Crippen molar-refractivity contribution in [1.29, 1.82) is 0 Å². The van der Waals surface area contributed by atoms with Crippen molar-refractivity contribution in [2.45, 2.75) is 0 Å². The van der Waals surface area contributed by atoms with Crippen molar-refractivity contribution in [1.82, 2.24) is 44.9 Å². The molecule has 0 bridgehead atoms. The molecule has 5 aromatic rings. The van der Waals surface area contributed by atoms with Crippen LogP contribution in [0.25, 0.3) is 11.6 Å². The van der Waals surface area contributed by atoms with Crippen LogP contribution in [0.1, 0.15) is 0 Å². The highest BCUT2D eigenvalue weighted by Crippen LogP contribution is 2.07. The van der Waals surface area contributed by atoms with E-state index in [1.165, 1.54) is 4.80 Å². The summed E-state index contributed by atoms with van der Waals surface area (Å²) in [5, 5.41) is 15.7. The van der Waals surface area contributed by atoms with Crippen molar-refractivity contribution in [3.05, 3.63) is 84.9 Å². The molecular weight excluding hydrogens is 432 g/mol. The van der Waals surface area contributed by atoms with Crippen LogP contribution in [-0.2, 0) is 0 Å². The number of aromatic nitrogens is 9. The normalized spacial score (nSPS) is 9.78. The third-order valence-corrected chi connectivity index (χ3v) is 3.78. The predicted molar refractivity (Wildman–Crippen MR) is 121 cm³/mol. The van der Waals surface area contributed by atoms with Crippen LogP contribution in [-0.4, -0.2) is 44.9 Å². The van der Waals surface area contributed by atoms with E-state index < -0.39 is 0 Å². The number of hydrogen-bond donors (Lipinski definition) is 3. The van der Waals surface area contributed by atoms with Gasteiger partial charge in [-0.05, 0) is 24.3 Å². The molecule has 0 unspecified atom stereocenters. The van der Waals surface area contributed by atoms with Crippen molar-refractivity contribution < 1.29 is 0 Å². The lowest BCUT2D eigenvalue weighted by molar-refractivity contribution is 0.730. The standard InChI is InChI=1S/2C7H7N5.C5H5ClN2/c8-6-1-2-9-7(5-6)12-4-3-10-11-12;8-6-1-2-9-7(5-6)12-10-3-4-11-12;6-5-3-4(7)1-2-8-5/h2*1-5H,(H2,8,9);1-3H,(H2,7,8). The lowest BCUT2D eigenvalue weighted by Gasteiger charge is -1.98. The molecule has 0 fully saturated rings. The maximum atomic E-state index is 5.56. The van der Waals surface area contributed by atoms with Gasteiger partial charge in [0, 0.05) is 47.8 Å². The minimum Gasteiger partial charge on any atom is -0.399 e. The first-order chi connectivity index (χ1) is 15.5. The Morgan fingerprint density at radius 3 is 1.72 bits per heavy atom. The van der Waals surface area contributed by atoms with Gasteiger partial charge in [0.15, 0.2) is 11.6 Å². The van der Waals surface area contributed by atoms with Gasteiger partial charge in [0.1, 0.15) is 5.15 Å². The second-order valence-electron chi connectivity index (χ2n) is 5.97. The summed E-state index contributed by atoms with van der Waals surface area (Å²) in [4.78, 5) is 13.2. The summed E-state index contributed by atoms with van der Waals surface area (Å²) in [7, 11) is 0. The molecule has 12 nitrogen and oxygen atoms in total. The Hall–Kier alpha value is -4.58. The third-order valence-electron chi connectivity index (χ3n) is 3.57. The van der Waals surface area contributed by atoms with Gasteiger partial charge in [0.05, 0.1) is 24.8 Å². The molecule has 13 heteroatoms. The highest BCUT2D eigenvalue weighted by Gasteiger charge is 1.98. The summed E-state index contributed by atoms with van der Waals surface area (Å²) in [6.07, 6.45) is 11.3. The van der Waals surface area contributed by atoms with E-state index in [1.807, 2.05) is 0 Å². The smallest absolute Gasteiger partial charge is 0.176 e. The van der Waals surface area contributed by atoms with Crippen molar-refractivity contribution in [2.75, 3.05) is 17.2 Å². The molecule has 162 valence electrons. The zero-order chi connectivity index (χ0) is 22.8. The fourth-order valence-electron chi connectivity index (χ4n) is 2.18. The molecule has 0 aromatic carbocycles. The Morgan fingerprint density at radius 1 is 0.656 bits per heavy atom. The second-order valence-corrected chi connectivity index (χ2v) is 6.36. The Kier molecular flexibility index (Phi) is 7.59. The van der Waals surface area contributed by atoms with E-state index >= 15 is 0 Å². The van der Waals surface area contributed by atoms with E-state index in [2.05, 4.69) is 35.5 Å². The van der Waals surface area contributed by atoms with E-state index in [-0.39, 0.29) is 0 Å². The Morgan fingerprint density at radius 2 is 1.22 bits per heavy atom. The van der Waals surface area contributed by atoms with Crippen LogP contribution < -0.4 is 17.2 Å². The van der Waals surface area contributed by atoms with E-state index in [9.17, 15) is 0 Å². The van der Waals surface area contributed by atoms with Gasteiger partial charge >= 0.3 is 0 Å². The zero-order valence-corrected chi connectivity index (χ0v) is 17.4. The quantitative estimate of drug-likeness (QED) is 0.335. The van der Waals surface area contributed by atoms with Crippen LogP contribution in [0.15, 0.2) is 79.8 Å². The molecule has 32 heavy (non-hydrogen) atoms. The largest absolute Gasteiger partial charge is 0.399 e. The third kappa shape index (κ3) is 6.74. The van der Waals surface area contributed by atoms with Crippen LogP contribution in [0.2, 0.25) is 5.15 Å². The summed E-state index contributed by atoms with van der Waals surface area (Å²) in [5.41, 5.74) is 18.4. The summed E-state index contributed by atoms with van der Waals surface area (Å²) in [6.45, 7) is 0. The molecule has 5 rings (SSSR count). The molecule has 0 aliphatic carbocycles. The first-order valence-corrected chi connectivity index (χ1v) is 9.42. The summed E-state index contributed by atoms with van der Waals surface area (Å²) in [6, 6.07) is 10.2. The number of nitrogens with zero attached hydrogens (tertiary/aromatic N) is 9.